The van der Waals surface area contributed by atoms with Crippen molar-refractivity contribution in [2.75, 3.05) is 27.2 Å². The summed E-state index contributed by atoms with van der Waals surface area (Å²) in [4.78, 5) is 32.3. The van der Waals surface area contributed by atoms with Crippen LogP contribution in [0.25, 0.3) is 0 Å². The fraction of sp³-hybridized carbons (Fsp3) is 0.346. The fourth-order valence-electron chi connectivity index (χ4n) is 3.93. The Hall–Kier alpha value is -3.02. The second-order valence-corrected chi connectivity index (χ2v) is 10.0. The van der Waals surface area contributed by atoms with Crippen molar-refractivity contribution >= 4 is 21.8 Å². The number of hydrogen-bond acceptors (Lipinski definition) is 4. The molecule has 0 saturated carbocycles. The van der Waals surface area contributed by atoms with Crippen molar-refractivity contribution in [1.82, 2.24) is 14.5 Å². The van der Waals surface area contributed by atoms with Gasteiger partial charge in [-0.2, -0.15) is 13.2 Å². The Labute approximate surface area is 221 Å². The number of carbonyl (C=O) groups excluding carboxylic acids is 1. The summed E-state index contributed by atoms with van der Waals surface area (Å²) in [6, 6.07) is 14.3. The lowest BCUT2D eigenvalue weighted by molar-refractivity contribution is -0.839. The van der Waals surface area contributed by atoms with E-state index < -0.39 is 33.9 Å². The molecular weight excluding hydrogens is 553 g/mol. The molecule has 0 aliphatic heterocycles. The van der Waals surface area contributed by atoms with Gasteiger partial charge < -0.3 is 14.8 Å². The predicted molar refractivity (Wildman–Crippen MR) is 138 cm³/mol. The summed E-state index contributed by atoms with van der Waals surface area (Å²) < 4.78 is 41.9. The molecule has 3 aromatic rings. The first-order valence-electron chi connectivity index (χ1n) is 11.6. The van der Waals surface area contributed by atoms with Gasteiger partial charge in [0.15, 0.2) is 0 Å². The highest BCUT2D eigenvalue weighted by atomic mass is 79.9. The van der Waals surface area contributed by atoms with E-state index >= 15 is 0 Å². The number of rotatable bonds is 9. The number of aromatic nitrogens is 2. The number of alkyl halides is 3. The third kappa shape index (κ3) is 7.27. The monoisotopic (exact) mass is 580 g/mol. The molecule has 0 radical (unpaired) electrons. The minimum Gasteiger partial charge on any atom is -0.633 e. The molecule has 7 nitrogen and oxygen atoms in total. The van der Waals surface area contributed by atoms with Crippen LogP contribution in [0, 0.1) is 5.21 Å². The molecule has 0 saturated heterocycles. The molecule has 1 heterocycles. The van der Waals surface area contributed by atoms with Crippen molar-refractivity contribution in [3.05, 3.63) is 103 Å². The van der Waals surface area contributed by atoms with Crippen LogP contribution in [0.15, 0.2) is 70.1 Å². The number of nitrogens with zero attached hydrogens (tertiary/aromatic N) is 4. The van der Waals surface area contributed by atoms with Crippen molar-refractivity contribution in [2.45, 2.75) is 32.1 Å². The molecule has 2 aromatic carbocycles. The smallest absolute Gasteiger partial charge is 0.423 e. The van der Waals surface area contributed by atoms with Crippen LogP contribution in [0.3, 0.4) is 0 Å². The third-order valence-corrected chi connectivity index (χ3v) is 6.39. The van der Waals surface area contributed by atoms with Gasteiger partial charge in [-0.05, 0) is 36.2 Å². The maximum Gasteiger partial charge on any atom is 0.423 e. The minimum absolute atomic E-state index is 0.00608. The molecule has 0 aliphatic carbocycles. The fourth-order valence-corrected chi connectivity index (χ4v) is 4.20. The van der Waals surface area contributed by atoms with Gasteiger partial charge >= 0.3 is 6.18 Å². The molecule has 0 fully saturated rings. The lowest BCUT2D eigenvalue weighted by atomic mass is 10.1. The molecule has 37 heavy (non-hydrogen) atoms. The quantitative estimate of drug-likeness (QED) is 0.256. The molecule has 198 valence electrons. The maximum absolute atomic E-state index is 13.6. The molecular formula is C26H28BrF3N4O3. The highest BCUT2D eigenvalue weighted by Crippen LogP contribution is 2.29. The number of hydroxylamine groups is 3. The van der Waals surface area contributed by atoms with E-state index in [-0.39, 0.29) is 31.9 Å². The third-order valence-electron chi connectivity index (χ3n) is 5.86. The average Bonchev–Trinajstić information content (AvgIpc) is 2.82. The molecule has 1 unspecified atom stereocenters. The molecule has 1 amide bonds. The van der Waals surface area contributed by atoms with Gasteiger partial charge in [0.05, 0.1) is 39.8 Å². The van der Waals surface area contributed by atoms with Gasteiger partial charge in [0, 0.05) is 16.2 Å². The zero-order chi connectivity index (χ0) is 27.4. The van der Waals surface area contributed by atoms with Crippen LogP contribution in [0.4, 0.5) is 13.2 Å². The molecule has 0 spiro atoms. The molecule has 3 rings (SSSR count). The predicted octanol–water partition coefficient (Wildman–Crippen LogP) is 5.24. The number of amides is 1. The highest BCUT2D eigenvalue weighted by Gasteiger charge is 2.37. The van der Waals surface area contributed by atoms with E-state index in [1.165, 1.54) is 19.0 Å². The molecule has 0 N–H and O–H groups in total. The Morgan fingerprint density at radius 2 is 1.76 bits per heavy atom. The van der Waals surface area contributed by atoms with Crippen LogP contribution in [0.5, 0.6) is 0 Å². The zero-order valence-corrected chi connectivity index (χ0v) is 22.3. The van der Waals surface area contributed by atoms with Gasteiger partial charge in [0.25, 0.3) is 11.5 Å². The number of hydrogen-bond donors (Lipinski definition) is 0. The van der Waals surface area contributed by atoms with E-state index in [4.69, 9.17) is 0 Å². The Kier molecular flexibility index (Phi) is 8.93. The Morgan fingerprint density at radius 3 is 2.30 bits per heavy atom. The van der Waals surface area contributed by atoms with Gasteiger partial charge in [-0.1, -0.05) is 53.2 Å². The van der Waals surface area contributed by atoms with Gasteiger partial charge in [-0.15, -0.1) is 0 Å². The molecule has 1 atom stereocenters. The number of likely N-dealkylation sites (N-methyl/N-ethyl adjacent to an activating group) is 1. The summed E-state index contributed by atoms with van der Waals surface area (Å²) in [5, 5.41) is 12.4. The lowest BCUT2D eigenvalue weighted by Crippen LogP contribution is -2.46. The summed E-state index contributed by atoms with van der Waals surface area (Å²) in [6.07, 6.45) is -4.11. The first-order chi connectivity index (χ1) is 17.3. The van der Waals surface area contributed by atoms with E-state index in [0.29, 0.717) is 17.3 Å². The number of benzene rings is 2. The van der Waals surface area contributed by atoms with Gasteiger partial charge in [-0.3, -0.25) is 14.2 Å². The lowest BCUT2D eigenvalue weighted by Gasteiger charge is -2.38. The van der Waals surface area contributed by atoms with E-state index in [2.05, 4.69) is 20.9 Å². The van der Waals surface area contributed by atoms with E-state index in [1.54, 1.807) is 61.5 Å². The van der Waals surface area contributed by atoms with E-state index in [9.17, 15) is 28.0 Å². The minimum atomic E-state index is -4.89. The second-order valence-electron chi connectivity index (χ2n) is 9.13. The Balaban J connectivity index is 2.17. The van der Waals surface area contributed by atoms with E-state index in [1.807, 2.05) is 0 Å². The van der Waals surface area contributed by atoms with Crippen LogP contribution < -0.4 is 5.56 Å². The topological polar surface area (TPSA) is 78.3 Å². The van der Waals surface area contributed by atoms with Crippen LogP contribution in [0.1, 0.15) is 46.7 Å². The van der Waals surface area contributed by atoms with Crippen LogP contribution in [-0.4, -0.2) is 52.2 Å². The van der Waals surface area contributed by atoms with Gasteiger partial charge in [0.2, 0.25) is 0 Å². The van der Waals surface area contributed by atoms with Crippen molar-refractivity contribution < 1.29 is 22.6 Å². The van der Waals surface area contributed by atoms with Gasteiger partial charge in [0.1, 0.15) is 11.4 Å². The SMILES string of the molecule is CCC(c1ncc(C(F)(F)F)c(=O)n1Cc1ccccc1)N(CC[N+](C)(C)[O-])C(=O)c1ccc(Br)cc1. The normalized spacial score (nSPS) is 12.9. The van der Waals surface area contributed by atoms with Crippen LogP contribution in [0.2, 0.25) is 0 Å². The first-order valence-corrected chi connectivity index (χ1v) is 12.4. The molecule has 1 aromatic heterocycles. The zero-order valence-electron chi connectivity index (χ0n) is 20.7. The van der Waals surface area contributed by atoms with Crippen molar-refractivity contribution in [1.29, 1.82) is 0 Å². The Bertz CT molecular complexity index is 1270. The van der Waals surface area contributed by atoms with Crippen molar-refractivity contribution in [2.24, 2.45) is 0 Å². The van der Waals surface area contributed by atoms with Crippen LogP contribution in [-0.2, 0) is 12.7 Å². The van der Waals surface area contributed by atoms with Gasteiger partial charge in [-0.25, -0.2) is 4.98 Å². The van der Waals surface area contributed by atoms with E-state index in [0.717, 1.165) is 9.04 Å². The average molecular weight is 581 g/mol. The molecule has 11 heteroatoms. The first kappa shape index (κ1) is 28.5. The molecule has 0 aliphatic rings. The highest BCUT2D eigenvalue weighted by molar-refractivity contribution is 9.10. The summed E-state index contributed by atoms with van der Waals surface area (Å²) >= 11 is 3.33. The second kappa shape index (κ2) is 11.6. The number of halogens is 4. The Morgan fingerprint density at radius 1 is 1.14 bits per heavy atom. The van der Waals surface area contributed by atoms with Crippen molar-refractivity contribution in [3.63, 3.8) is 0 Å². The number of carbonyl (C=O) groups is 1. The maximum atomic E-state index is 13.6. The molecule has 0 bridgehead atoms. The van der Waals surface area contributed by atoms with Crippen molar-refractivity contribution in [3.8, 4) is 0 Å². The number of quaternary nitrogens is 1. The summed E-state index contributed by atoms with van der Waals surface area (Å²) in [5.74, 6) is -0.403. The largest absolute Gasteiger partial charge is 0.633 e. The standard InChI is InChI=1S/C26H28BrF3N4O3/c1-4-22(32(14-15-34(2,3)37)24(35)19-10-12-20(27)13-11-19)23-31-16-21(26(28,29)30)25(36)33(23)17-18-8-6-5-7-9-18/h5-13,16,22H,4,14-15,17H2,1-3H3. The summed E-state index contributed by atoms with van der Waals surface area (Å²) in [7, 11) is 2.87. The van der Waals surface area contributed by atoms with Crippen LogP contribution >= 0.6 is 15.9 Å². The summed E-state index contributed by atoms with van der Waals surface area (Å²) in [5.41, 5.74) is -1.69. The summed E-state index contributed by atoms with van der Waals surface area (Å²) in [6.45, 7) is 1.63.